The van der Waals surface area contributed by atoms with Crippen LogP contribution in [0.3, 0.4) is 0 Å². The molecule has 0 unspecified atom stereocenters. The average molecular weight is 258 g/mol. The second-order valence-electron chi connectivity index (χ2n) is 4.25. The molecule has 1 atom stereocenters. The van der Waals surface area contributed by atoms with Crippen LogP contribution in [0.5, 0.6) is 5.75 Å². The molecule has 0 aromatic heterocycles. The van der Waals surface area contributed by atoms with E-state index in [0.29, 0.717) is 24.0 Å². The fraction of sp³-hybridized carbons (Fsp3) is 0.538. The van der Waals surface area contributed by atoms with Crippen molar-refractivity contribution in [2.75, 3.05) is 13.2 Å². The molecule has 0 saturated heterocycles. The van der Waals surface area contributed by atoms with E-state index in [1.807, 2.05) is 39.0 Å². The first kappa shape index (κ1) is 14.3. The van der Waals surface area contributed by atoms with Crippen molar-refractivity contribution in [3.8, 4) is 5.75 Å². The minimum atomic E-state index is -0.0224. The third-order valence-corrected chi connectivity index (χ3v) is 2.57. The van der Waals surface area contributed by atoms with E-state index in [9.17, 15) is 0 Å². The topological polar surface area (TPSA) is 44.5 Å². The summed E-state index contributed by atoms with van der Waals surface area (Å²) >= 11 is 6.09. The van der Waals surface area contributed by atoms with Crippen molar-refractivity contribution in [3.05, 3.63) is 28.8 Å². The highest BCUT2D eigenvalue weighted by molar-refractivity contribution is 6.32. The lowest BCUT2D eigenvalue weighted by Crippen LogP contribution is -2.11. The Bertz CT molecular complexity index is 353. The summed E-state index contributed by atoms with van der Waals surface area (Å²) in [5.74, 6) is 0.670. The second-order valence-corrected chi connectivity index (χ2v) is 4.65. The molecule has 0 saturated carbocycles. The van der Waals surface area contributed by atoms with Gasteiger partial charge in [-0.1, -0.05) is 17.7 Å². The van der Waals surface area contributed by atoms with Gasteiger partial charge >= 0.3 is 0 Å². The van der Waals surface area contributed by atoms with Crippen LogP contribution in [0, 0.1) is 0 Å². The smallest absolute Gasteiger partial charge is 0.138 e. The lowest BCUT2D eigenvalue weighted by Gasteiger charge is -2.12. The van der Waals surface area contributed by atoms with Gasteiger partial charge in [0, 0.05) is 6.04 Å². The van der Waals surface area contributed by atoms with Crippen LogP contribution in [0.1, 0.15) is 32.4 Å². The number of nitrogens with two attached hydrogens (primary N) is 1. The summed E-state index contributed by atoms with van der Waals surface area (Å²) in [5, 5.41) is 0.587. The Morgan fingerprint density at radius 3 is 2.47 bits per heavy atom. The molecule has 1 rings (SSSR count). The zero-order valence-electron chi connectivity index (χ0n) is 10.6. The van der Waals surface area contributed by atoms with Crippen molar-refractivity contribution >= 4 is 11.6 Å². The van der Waals surface area contributed by atoms with Crippen LogP contribution >= 0.6 is 11.6 Å². The molecule has 0 aliphatic carbocycles. The minimum Gasteiger partial charge on any atom is -0.490 e. The van der Waals surface area contributed by atoms with Crippen molar-refractivity contribution in [2.24, 2.45) is 5.73 Å². The quantitative estimate of drug-likeness (QED) is 0.796. The standard InChI is InChI=1S/C13H20ClNO2/c1-9(2)16-6-7-17-13-5-4-11(10(3)15)8-12(13)14/h4-5,8-10H,6-7,15H2,1-3H3/t10-/m1/s1. The third-order valence-electron chi connectivity index (χ3n) is 2.27. The highest BCUT2D eigenvalue weighted by Gasteiger charge is 2.05. The first-order chi connectivity index (χ1) is 8.00. The van der Waals surface area contributed by atoms with E-state index in [1.165, 1.54) is 0 Å². The van der Waals surface area contributed by atoms with Crippen LogP contribution in [0.25, 0.3) is 0 Å². The molecule has 4 heteroatoms. The van der Waals surface area contributed by atoms with Crippen molar-refractivity contribution in [2.45, 2.75) is 32.9 Å². The summed E-state index contributed by atoms with van der Waals surface area (Å²) in [6, 6.07) is 5.59. The first-order valence-electron chi connectivity index (χ1n) is 5.80. The highest BCUT2D eigenvalue weighted by Crippen LogP contribution is 2.27. The second kappa shape index (κ2) is 6.84. The van der Waals surface area contributed by atoms with Gasteiger partial charge in [0.25, 0.3) is 0 Å². The van der Waals surface area contributed by atoms with Crippen LogP contribution in [0.2, 0.25) is 5.02 Å². The molecule has 0 bridgehead atoms. The van der Waals surface area contributed by atoms with E-state index >= 15 is 0 Å². The fourth-order valence-electron chi connectivity index (χ4n) is 1.35. The summed E-state index contributed by atoms with van der Waals surface area (Å²) in [5.41, 5.74) is 6.77. The predicted octanol–water partition coefficient (Wildman–Crippen LogP) is 3.16. The summed E-state index contributed by atoms with van der Waals surface area (Å²) in [6.45, 7) is 6.95. The van der Waals surface area contributed by atoms with Gasteiger partial charge in [-0.3, -0.25) is 0 Å². The maximum atomic E-state index is 6.09. The SMILES string of the molecule is CC(C)OCCOc1ccc([C@@H](C)N)cc1Cl. The number of rotatable bonds is 6. The number of ether oxygens (including phenoxy) is 2. The summed E-state index contributed by atoms with van der Waals surface area (Å²) in [4.78, 5) is 0. The summed E-state index contributed by atoms with van der Waals surface area (Å²) in [7, 11) is 0. The molecule has 0 heterocycles. The third kappa shape index (κ3) is 4.94. The van der Waals surface area contributed by atoms with Crippen LogP contribution in [0.15, 0.2) is 18.2 Å². The zero-order chi connectivity index (χ0) is 12.8. The number of halogens is 1. The molecule has 0 aliphatic heterocycles. The van der Waals surface area contributed by atoms with Crippen LogP contribution < -0.4 is 10.5 Å². The number of hydrogen-bond donors (Lipinski definition) is 1. The Morgan fingerprint density at radius 1 is 1.24 bits per heavy atom. The molecule has 0 amide bonds. The van der Waals surface area contributed by atoms with Crippen LogP contribution in [-0.4, -0.2) is 19.3 Å². The van der Waals surface area contributed by atoms with Crippen molar-refractivity contribution < 1.29 is 9.47 Å². The van der Waals surface area contributed by atoms with E-state index in [-0.39, 0.29) is 12.1 Å². The van der Waals surface area contributed by atoms with Gasteiger partial charge in [-0.15, -0.1) is 0 Å². The summed E-state index contributed by atoms with van der Waals surface area (Å²) in [6.07, 6.45) is 0.217. The highest BCUT2D eigenvalue weighted by atomic mass is 35.5. The summed E-state index contributed by atoms with van der Waals surface area (Å²) < 4.78 is 10.9. The normalized spacial score (nSPS) is 12.8. The van der Waals surface area contributed by atoms with E-state index in [4.69, 9.17) is 26.8 Å². The maximum absolute atomic E-state index is 6.09. The van der Waals surface area contributed by atoms with Crippen molar-refractivity contribution in [1.29, 1.82) is 0 Å². The largest absolute Gasteiger partial charge is 0.490 e. The van der Waals surface area contributed by atoms with Gasteiger partial charge in [-0.2, -0.15) is 0 Å². The molecule has 1 aromatic rings. The maximum Gasteiger partial charge on any atom is 0.138 e. The van der Waals surface area contributed by atoms with Crippen molar-refractivity contribution in [3.63, 3.8) is 0 Å². The number of hydrogen-bond acceptors (Lipinski definition) is 3. The van der Waals surface area contributed by atoms with E-state index in [0.717, 1.165) is 5.56 Å². The number of benzene rings is 1. The fourth-order valence-corrected chi connectivity index (χ4v) is 1.60. The Labute approximate surface area is 108 Å². The first-order valence-corrected chi connectivity index (χ1v) is 6.18. The molecule has 0 radical (unpaired) electrons. The van der Waals surface area contributed by atoms with Crippen LogP contribution in [0.4, 0.5) is 0 Å². The predicted molar refractivity (Wildman–Crippen MR) is 70.6 cm³/mol. The molecule has 0 fully saturated rings. The monoisotopic (exact) mass is 257 g/mol. The lowest BCUT2D eigenvalue weighted by molar-refractivity contribution is 0.0553. The van der Waals surface area contributed by atoms with E-state index < -0.39 is 0 Å². The molecule has 0 aliphatic rings. The Kier molecular flexibility index (Phi) is 5.75. The average Bonchev–Trinajstić information content (AvgIpc) is 2.25. The lowest BCUT2D eigenvalue weighted by atomic mass is 10.1. The van der Waals surface area contributed by atoms with Gasteiger partial charge in [0.1, 0.15) is 12.4 Å². The molecular weight excluding hydrogens is 238 g/mol. The zero-order valence-corrected chi connectivity index (χ0v) is 11.3. The Morgan fingerprint density at radius 2 is 1.94 bits per heavy atom. The van der Waals surface area contributed by atoms with Gasteiger partial charge in [0.05, 0.1) is 17.7 Å². The van der Waals surface area contributed by atoms with E-state index in [1.54, 1.807) is 0 Å². The van der Waals surface area contributed by atoms with Crippen molar-refractivity contribution in [1.82, 2.24) is 0 Å². The molecule has 17 heavy (non-hydrogen) atoms. The molecule has 0 spiro atoms. The molecule has 96 valence electrons. The van der Waals surface area contributed by atoms with Gasteiger partial charge in [-0.05, 0) is 38.5 Å². The van der Waals surface area contributed by atoms with Gasteiger partial charge in [-0.25, -0.2) is 0 Å². The molecular formula is C13H20ClNO2. The molecule has 2 N–H and O–H groups in total. The Balaban J connectivity index is 2.49. The van der Waals surface area contributed by atoms with Crippen LogP contribution in [-0.2, 0) is 4.74 Å². The van der Waals surface area contributed by atoms with Gasteiger partial charge in [0.15, 0.2) is 0 Å². The van der Waals surface area contributed by atoms with Gasteiger partial charge in [0.2, 0.25) is 0 Å². The molecule has 3 nitrogen and oxygen atoms in total. The van der Waals surface area contributed by atoms with Gasteiger partial charge < -0.3 is 15.2 Å². The Hall–Kier alpha value is -0.770. The van der Waals surface area contributed by atoms with E-state index in [2.05, 4.69) is 0 Å². The minimum absolute atomic E-state index is 0.0224. The molecule has 1 aromatic carbocycles.